The highest BCUT2D eigenvalue weighted by Gasteiger charge is 2.32. The van der Waals surface area contributed by atoms with Crippen LogP contribution in [0.5, 0.6) is 0 Å². The lowest BCUT2D eigenvalue weighted by atomic mass is 10.0. The molecule has 1 fully saturated rings. The lowest BCUT2D eigenvalue weighted by molar-refractivity contribution is -0.145. The predicted molar refractivity (Wildman–Crippen MR) is 73.6 cm³/mol. The normalized spacial score (nSPS) is 19.4. The highest BCUT2D eigenvalue weighted by molar-refractivity contribution is 5.94. The Kier molecular flexibility index (Phi) is 4.32. The van der Waals surface area contributed by atoms with E-state index in [0.29, 0.717) is 24.7 Å². The molecule has 1 aromatic heterocycles. The average Bonchev–Trinajstić information content (AvgIpc) is 2.34. The Morgan fingerprint density at radius 1 is 1.45 bits per heavy atom. The van der Waals surface area contributed by atoms with Gasteiger partial charge in [0.25, 0.3) is 0 Å². The lowest BCUT2D eigenvalue weighted by Gasteiger charge is -2.33. The maximum Gasteiger partial charge on any atom is 0.245 e. The van der Waals surface area contributed by atoms with Gasteiger partial charge in [0.15, 0.2) is 0 Å². The Hall–Kier alpha value is -1.98. The summed E-state index contributed by atoms with van der Waals surface area (Å²) in [7, 11) is 0. The third kappa shape index (κ3) is 3.53. The molecule has 1 aromatic rings. The summed E-state index contributed by atoms with van der Waals surface area (Å²) >= 11 is 0. The number of hydrogen-bond acceptors (Lipinski definition) is 4. The van der Waals surface area contributed by atoms with Gasteiger partial charge in [-0.1, -0.05) is 13.8 Å². The van der Waals surface area contributed by atoms with Crippen LogP contribution in [-0.4, -0.2) is 39.3 Å². The molecule has 0 saturated carbocycles. The SMILES string of the molecule is Cc1nccc(CN2CC(=O)NC(CC(C)C)C2=O)n1. The van der Waals surface area contributed by atoms with Crippen molar-refractivity contribution in [2.75, 3.05) is 6.54 Å². The maximum atomic E-state index is 12.4. The van der Waals surface area contributed by atoms with E-state index in [1.165, 1.54) is 0 Å². The van der Waals surface area contributed by atoms with Crippen molar-refractivity contribution in [3.63, 3.8) is 0 Å². The van der Waals surface area contributed by atoms with Gasteiger partial charge in [-0.3, -0.25) is 9.59 Å². The summed E-state index contributed by atoms with van der Waals surface area (Å²) < 4.78 is 0. The summed E-state index contributed by atoms with van der Waals surface area (Å²) in [5.41, 5.74) is 0.754. The Balaban J connectivity index is 2.10. The third-order valence-electron chi connectivity index (χ3n) is 3.17. The summed E-state index contributed by atoms with van der Waals surface area (Å²) in [6.07, 6.45) is 2.32. The number of rotatable bonds is 4. The smallest absolute Gasteiger partial charge is 0.245 e. The first kappa shape index (κ1) is 14.4. The Labute approximate surface area is 118 Å². The molecular weight excluding hydrogens is 256 g/mol. The van der Waals surface area contributed by atoms with E-state index in [2.05, 4.69) is 15.3 Å². The van der Waals surface area contributed by atoms with Gasteiger partial charge in [0.1, 0.15) is 18.4 Å². The minimum Gasteiger partial charge on any atom is -0.343 e. The second-order valence-electron chi connectivity index (χ2n) is 5.54. The van der Waals surface area contributed by atoms with E-state index < -0.39 is 6.04 Å². The van der Waals surface area contributed by atoms with Gasteiger partial charge in [-0.05, 0) is 25.3 Å². The van der Waals surface area contributed by atoms with E-state index in [0.717, 1.165) is 5.69 Å². The molecule has 6 nitrogen and oxygen atoms in total. The van der Waals surface area contributed by atoms with Gasteiger partial charge in [-0.15, -0.1) is 0 Å². The fourth-order valence-electron chi connectivity index (χ4n) is 2.33. The zero-order chi connectivity index (χ0) is 14.7. The van der Waals surface area contributed by atoms with Crippen LogP contribution >= 0.6 is 0 Å². The standard InChI is InChI=1S/C14H20N4O2/c1-9(2)6-12-14(20)18(8-13(19)17-12)7-11-4-5-15-10(3)16-11/h4-5,9,12H,6-8H2,1-3H3,(H,17,19). The van der Waals surface area contributed by atoms with Crippen molar-refractivity contribution in [1.29, 1.82) is 0 Å². The topological polar surface area (TPSA) is 75.2 Å². The predicted octanol–water partition coefficient (Wildman–Crippen LogP) is 0.658. The fourth-order valence-corrected chi connectivity index (χ4v) is 2.33. The molecule has 2 rings (SSSR count). The van der Waals surface area contributed by atoms with Crippen molar-refractivity contribution in [3.8, 4) is 0 Å². The molecule has 0 radical (unpaired) electrons. The highest BCUT2D eigenvalue weighted by atomic mass is 16.2. The minimum absolute atomic E-state index is 0.0328. The summed E-state index contributed by atoms with van der Waals surface area (Å²) in [6, 6.07) is 1.35. The van der Waals surface area contributed by atoms with Gasteiger partial charge in [0.2, 0.25) is 11.8 Å². The average molecular weight is 276 g/mol. The molecule has 0 aliphatic carbocycles. The van der Waals surface area contributed by atoms with E-state index in [4.69, 9.17) is 0 Å². The number of aryl methyl sites for hydroxylation is 1. The molecule has 0 aromatic carbocycles. The molecule has 0 spiro atoms. The zero-order valence-electron chi connectivity index (χ0n) is 12.1. The van der Waals surface area contributed by atoms with Crippen molar-refractivity contribution >= 4 is 11.8 Å². The molecule has 108 valence electrons. The Bertz CT molecular complexity index is 516. The molecule has 1 atom stereocenters. The van der Waals surface area contributed by atoms with Crippen LogP contribution < -0.4 is 5.32 Å². The summed E-state index contributed by atoms with van der Waals surface area (Å²) in [4.78, 5) is 34.0. The molecule has 1 aliphatic rings. The van der Waals surface area contributed by atoms with Crippen LogP contribution in [0, 0.1) is 12.8 Å². The Morgan fingerprint density at radius 2 is 2.20 bits per heavy atom. The molecule has 1 N–H and O–H groups in total. The number of aromatic nitrogens is 2. The molecule has 2 heterocycles. The van der Waals surface area contributed by atoms with Crippen molar-refractivity contribution in [2.24, 2.45) is 5.92 Å². The maximum absolute atomic E-state index is 12.4. The molecule has 1 aliphatic heterocycles. The summed E-state index contributed by atoms with van der Waals surface area (Å²) in [5, 5.41) is 2.76. The van der Waals surface area contributed by atoms with Gasteiger partial charge >= 0.3 is 0 Å². The van der Waals surface area contributed by atoms with Crippen molar-refractivity contribution < 1.29 is 9.59 Å². The van der Waals surface area contributed by atoms with Crippen molar-refractivity contribution in [2.45, 2.75) is 39.8 Å². The molecule has 1 saturated heterocycles. The summed E-state index contributed by atoms with van der Waals surface area (Å²) in [6.45, 7) is 6.31. The van der Waals surface area contributed by atoms with Crippen LogP contribution in [0.15, 0.2) is 12.3 Å². The monoisotopic (exact) mass is 276 g/mol. The number of amides is 2. The first-order valence-corrected chi connectivity index (χ1v) is 6.82. The van der Waals surface area contributed by atoms with Gasteiger partial charge in [0, 0.05) is 6.20 Å². The van der Waals surface area contributed by atoms with Gasteiger partial charge in [-0.25, -0.2) is 9.97 Å². The molecular formula is C14H20N4O2. The first-order chi connectivity index (χ1) is 9.45. The minimum atomic E-state index is -0.417. The molecule has 1 unspecified atom stereocenters. The van der Waals surface area contributed by atoms with E-state index >= 15 is 0 Å². The van der Waals surface area contributed by atoms with Crippen LogP contribution in [-0.2, 0) is 16.1 Å². The highest BCUT2D eigenvalue weighted by Crippen LogP contribution is 2.13. The van der Waals surface area contributed by atoms with Crippen LogP contribution in [0.2, 0.25) is 0 Å². The number of carbonyl (C=O) groups excluding carboxylic acids is 2. The van der Waals surface area contributed by atoms with E-state index in [1.54, 1.807) is 24.1 Å². The second-order valence-corrected chi connectivity index (χ2v) is 5.54. The number of piperazine rings is 1. The molecule has 6 heteroatoms. The molecule has 0 bridgehead atoms. The van der Waals surface area contributed by atoms with Gasteiger partial charge < -0.3 is 10.2 Å². The van der Waals surface area contributed by atoms with Crippen LogP contribution in [0.3, 0.4) is 0 Å². The van der Waals surface area contributed by atoms with Crippen LogP contribution in [0.25, 0.3) is 0 Å². The largest absolute Gasteiger partial charge is 0.343 e. The second kappa shape index (κ2) is 5.98. The molecule has 20 heavy (non-hydrogen) atoms. The van der Waals surface area contributed by atoms with E-state index in [1.807, 2.05) is 13.8 Å². The number of carbonyl (C=O) groups is 2. The van der Waals surface area contributed by atoms with Crippen molar-refractivity contribution in [1.82, 2.24) is 20.2 Å². The Morgan fingerprint density at radius 3 is 2.85 bits per heavy atom. The zero-order valence-corrected chi connectivity index (χ0v) is 12.1. The third-order valence-corrected chi connectivity index (χ3v) is 3.17. The molecule has 2 amide bonds. The van der Waals surface area contributed by atoms with E-state index in [9.17, 15) is 9.59 Å². The van der Waals surface area contributed by atoms with Crippen LogP contribution in [0.1, 0.15) is 31.8 Å². The lowest BCUT2D eigenvalue weighted by Crippen LogP contribution is -2.57. The van der Waals surface area contributed by atoms with Gasteiger partial charge in [0.05, 0.1) is 12.2 Å². The van der Waals surface area contributed by atoms with E-state index in [-0.39, 0.29) is 18.4 Å². The van der Waals surface area contributed by atoms with Crippen LogP contribution in [0.4, 0.5) is 0 Å². The van der Waals surface area contributed by atoms with Gasteiger partial charge in [-0.2, -0.15) is 0 Å². The number of hydrogen-bond donors (Lipinski definition) is 1. The summed E-state index contributed by atoms with van der Waals surface area (Å²) in [5.74, 6) is 0.872. The number of nitrogens with zero attached hydrogens (tertiary/aromatic N) is 3. The fraction of sp³-hybridized carbons (Fsp3) is 0.571. The quantitative estimate of drug-likeness (QED) is 0.876. The van der Waals surface area contributed by atoms with Crippen molar-refractivity contribution in [3.05, 3.63) is 23.8 Å². The first-order valence-electron chi connectivity index (χ1n) is 6.82. The number of nitrogens with one attached hydrogen (secondary N) is 1.